The summed E-state index contributed by atoms with van der Waals surface area (Å²) in [6.07, 6.45) is -1.58. The molecule has 2 heterocycles. The summed E-state index contributed by atoms with van der Waals surface area (Å²) in [6.45, 7) is 1.43. The molecular formula is C10H8F2N2O. The number of pyridine rings is 2. The zero-order valence-corrected chi connectivity index (χ0v) is 7.84. The highest BCUT2D eigenvalue weighted by Gasteiger charge is 2.17. The first kappa shape index (κ1) is 8.52. The van der Waals surface area contributed by atoms with Crippen molar-refractivity contribution in [3.63, 3.8) is 0 Å². The maximum atomic E-state index is 12.6. The van der Waals surface area contributed by atoms with Crippen molar-refractivity contribution < 1.29 is 10.2 Å². The van der Waals surface area contributed by atoms with Crippen LogP contribution in [0.5, 0.6) is 0 Å². The van der Waals surface area contributed by atoms with E-state index in [2.05, 4.69) is 9.97 Å². The summed E-state index contributed by atoms with van der Waals surface area (Å²) in [6, 6.07) is 1.50. The van der Waals surface area contributed by atoms with Crippen LogP contribution in [0.1, 0.15) is 18.9 Å². The zero-order chi connectivity index (χ0) is 11.9. The van der Waals surface area contributed by atoms with Crippen LogP contribution in [-0.4, -0.2) is 9.97 Å². The molecule has 78 valence electrons. The van der Waals surface area contributed by atoms with E-state index < -0.39 is 17.5 Å². The highest BCUT2D eigenvalue weighted by Crippen LogP contribution is 2.22. The number of nitrogens with one attached hydrogen (secondary N) is 1. The quantitative estimate of drug-likeness (QED) is 0.785. The fourth-order valence-corrected chi connectivity index (χ4v) is 1.50. The summed E-state index contributed by atoms with van der Waals surface area (Å²) < 4.78 is 32.5. The maximum absolute atomic E-state index is 12.6. The lowest BCUT2D eigenvalue weighted by molar-refractivity contribution is 0.149. The average Bonchev–Trinajstić information content (AvgIpc) is 2.15. The van der Waals surface area contributed by atoms with Gasteiger partial charge in [-0.3, -0.25) is 9.78 Å². The second kappa shape index (κ2) is 3.42. The number of aryl methyl sites for hydroxylation is 1. The monoisotopic (exact) mass is 211 g/mol. The zero-order valence-electron chi connectivity index (χ0n) is 8.84. The second-order valence-corrected chi connectivity index (χ2v) is 3.12. The van der Waals surface area contributed by atoms with E-state index in [9.17, 15) is 13.6 Å². The predicted molar refractivity (Wildman–Crippen MR) is 52.1 cm³/mol. The Morgan fingerprint density at radius 1 is 1.60 bits per heavy atom. The van der Waals surface area contributed by atoms with E-state index in [1.54, 1.807) is 0 Å². The van der Waals surface area contributed by atoms with Crippen LogP contribution in [-0.2, 0) is 0 Å². The van der Waals surface area contributed by atoms with Gasteiger partial charge in [-0.2, -0.15) is 0 Å². The third kappa shape index (κ3) is 1.49. The smallest absolute Gasteiger partial charge is 0.269 e. The van der Waals surface area contributed by atoms with Crippen LogP contribution >= 0.6 is 0 Å². The summed E-state index contributed by atoms with van der Waals surface area (Å²) in [5, 5.41) is 0. The molecule has 0 aromatic carbocycles. The standard InChI is InChI=1S/C10H8F2N2O/c1-5-7(9(11)12)10(15)14-6-3-2-4-13-8(5)6/h2-4,9H,1H3,(H,14,15)/i2D. The van der Waals surface area contributed by atoms with Gasteiger partial charge in [-0.05, 0) is 24.6 Å². The van der Waals surface area contributed by atoms with E-state index in [1.807, 2.05) is 0 Å². The minimum absolute atomic E-state index is 0.118. The van der Waals surface area contributed by atoms with Gasteiger partial charge in [0.2, 0.25) is 0 Å². The molecule has 3 nitrogen and oxygen atoms in total. The lowest BCUT2D eigenvalue weighted by Gasteiger charge is -2.06. The van der Waals surface area contributed by atoms with Crippen LogP contribution in [0, 0.1) is 6.92 Å². The highest BCUT2D eigenvalue weighted by atomic mass is 19.3. The summed E-state index contributed by atoms with van der Waals surface area (Å²) in [5.74, 6) is 0. The Morgan fingerprint density at radius 3 is 3.00 bits per heavy atom. The molecule has 0 aliphatic heterocycles. The average molecular weight is 211 g/mol. The van der Waals surface area contributed by atoms with Crippen molar-refractivity contribution >= 4 is 11.0 Å². The van der Waals surface area contributed by atoms with Gasteiger partial charge in [0.15, 0.2) is 0 Å². The molecule has 15 heavy (non-hydrogen) atoms. The van der Waals surface area contributed by atoms with Gasteiger partial charge in [0.25, 0.3) is 12.0 Å². The minimum Gasteiger partial charge on any atom is -0.320 e. The Hall–Kier alpha value is -1.78. The number of alkyl halides is 2. The van der Waals surface area contributed by atoms with Crippen LogP contribution in [0.3, 0.4) is 0 Å². The molecule has 1 N–H and O–H groups in total. The normalized spacial score (nSPS) is 12.1. The number of aromatic nitrogens is 2. The number of aromatic amines is 1. The van der Waals surface area contributed by atoms with Crippen molar-refractivity contribution in [1.82, 2.24) is 9.97 Å². The maximum Gasteiger partial charge on any atom is 0.269 e. The van der Waals surface area contributed by atoms with E-state index in [1.165, 1.54) is 19.2 Å². The van der Waals surface area contributed by atoms with Crippen LogP contribution in [0.25, 0.3) is 11.0 Å². The first-order chi connectivity index (χ1) is 7.50. The Balaban J connectivity index is 2.89. The molecule has 0 aliphatic carbocycles. The van der Waals surface area contributed by atoms with Crippen molar-refractivity contribution in [3.05, 3.63) is 39.8 Å². The third-order valence-corrected chi connectivity index (χ3v) is 2.22. The molecule has 2 rings (SSSR count). The largest absolute Gasteiger partial charge is 0.320 e. The van der Waals surface area contributed by atoms with Crippen molar-refractivity contribution in [2.45, 2.75) is 13.3 Å². The van der Waals surface area contributed by atoms with Crippen LogP contribution < -0.4 is 5.56 Å². The second-order valence-electron chi connectivity index (χ2n) is 3.12. The number of nitrogens with zero attached hydrogens (tertiary/aromatic N) is 1. The molecule has 0 saturated heterocycles. The van der Waals surface area contributed by atoms with Gasteiger partial charge >= 0.3 is 0 Å². The van der Waals surface area contributed by atoms with Gasteiger partial charge in [0, 0.05) is 6.20 Å². The lowest BCUT2D eigenvalue weighted by atomic mass is 10.1. The summed E-state index contributed by atoms with van der Waals surface area (Å²) in [4.78, 5) is 17.6. The SMILES string of the molecule is [2H]c1cnc2c(C)c(C(F)F)c(=O)[nH]c2c1. The van der Waals surface area contributed by atoms with Crippen molar-refractivity contribution in [1.29, 1.82) is 0 Å². The molecule has 0 spiro atoms. The Bertz CT molecular complexity index is 610. The van der Waals surface area contributed by atoms with E-state index in [0.29, 0.717) is 11.0 Å². The van der Waals surface area contributed by atoms with Gasteiger partial charge in [0.1, 0.15) is 0 Å². The molecule has 2 aromatic rings. The molecule has 0 radical (unpaired) electrons. The van der Waals surface area contributed by atoms with Crippen molar-refractivity contribution in [2.75, 3.05) is 0 Å². The number of H-pyrrole nitrogens is 1. The molecule has 0 aliphatic rings. The molecule has 0 bridgehead atoms. The number of hydrogen-bond donors (Lipinski definition) is 1. The molecule has 0 fully saturated rings. The van der Waals surface area contributed by atoms with Gasteiger partial charge in [0.05, 0.1) is 18.0 Å². The topological polar surface area (TPSA) is 45.8 Å². The van der Waals surface area contributed by atoms with Crippen molar-refractivity contribution in [2.24, 2.45) is 0 Å². The predicted octanol–water partition coefficient (Wildman–Crippen LogP) is 2.17. The van der Waals surface area contributed by atoms with Crippen LogP contribution in [0.2, 0.25) is 0 Å². The summed E-state index contributed by atoms with van der Waals surface area (Å²) in [7, 11) is 0. The first-order valence-corrected chi connectivity index (χ1v) is 4.28. The third-order valence-electron chi connectivity index (χ3n) is 2.22. The fourth-order valence-electron chi connectivity index (χ4n) is 1.50. The van der Waals surface area contributed by atoms with E-state index in [-0.39, 0.29) is 11.6 Å². The van der Waals surface area contributed by atoms with E-state index >= 15 is 0 Å². The van der Waals surface area contributed by atoms with E-state index in [4.69, 9.17) is 1.37 Å². The van der Waals surface area contributed by atoms with Gasteiger partial charge in [-0.25, -0.2) is 8.78 Å². The van der Waals surface area contributed by atoms with E-state index in [0.717, 1.165) is 0 Å². The molecule has 2 aromatic heterocycles. The Kier molecular flexibility index (Phi) is 1.94. The van der Waals surface area contributed by atoms with Gasteiger partial charge in [-0.15, -0.1) is 0 Å². The number of fused-ring (bicyclic) bond motifs is 1. The minimum atomic E-state index is -2.83. The molecule has 0 atom stereocenters. The molecular weight excluding hydrogens is 202 g/mol. The Labute approximate surface area is 85.2 Å². The van der Waals surface area contributed by atoms with Crippen molar-refractivity contribution in [3.8, 4) is 0 Å². The first-order valence-electron chi connectivity index (χ1n) is 4.78. The summed E-state index contributed by atoms with van der Waals surface area (Å²) in [5.41, 5.74) is -0.621. The highest BCUT2D eigenvalue weighted by molar-refractivity contribution is 5.78. The number of halogens is 2. The molecule has 0 unspecified atom stereocenters. The lowest BCUT2D eigenvalue weighted by Crippen LogP contribution is -2.15. The van der Waals surface area contributed by atoms with Crippen LogP contribution in [0.15, 0.2) is 23.1 Å². The molecule has 0 amide bonds. The molecule has 0 saturated carbocycles. The molecule has 5 heteroatoms. The van der Waals surface area contributed by atoms with Gasteiger partial charge in [-0.1, -0.05) is 0 Å². The summed E-state index contributed by atoms with van der Waals surface area (Å²) >= 11 is 0. The van der Waals surface area contributed by atoms with Gasteiger partial charge < -0.3 is 4.98 Å². The number of hydrogen-bond acceptors (Lipinski definition) is 2. The van der Waals surface area contributed by atoms with Crippen LogP contribution in [0.4, 0.5) is 8.78 Å². The fraction of sp³-hybridized carbons (Fsp3) is 0.200. The Morgan fingerprint density at radius 2 is 2.33 bits per heavy atom. The number of rotatable bonds is 1.